The van der Waals surface area contributed by atoms with Crippen molar-refractivity contribution in [2.75, 3.05) is 0 Å². The summed E-state index contributed by atoms with van der Waals surface area (Å²) < 4.78 is 5.18. The predicted molar refractivity (Wildman–Crippen MR) is 82.0 cm³/mol. The summed E-state index contributed by atoms with van der Waals surface area (Å²) >= 11 is 0. The Morgan fingerprint density at radius 1 is 1.18 bits per heavy atom. The van der Waals surface area contributed by atoms with Crippen LogP contribution in [0.5, 0.6) is 5.75 Å². The van der Waals surface area contributed by atoms with E-state index in [2.05, 4.69) is 23.0 Å². The molecule has 1 heterocycles. The first-order chi connectivity index (χ1) is 10.7. The number of carbonyl (C=O) groups is 1. The number of aromatic nitrogens is 2. The van der Waals surface area contributed by atoms with Crippen molar-refractivity contribution in [1.29, 1.82) is 5.26 Å². The fourth-order valence-electron chi connectivity index (χ4n) is 1.91. The summed E-state index contributed by atoms with van der Waals surface area (Å²) in [5, 5.41) is 8.77. The molecule has 0 N–H and O–H groups in total. The van der Waals surface area contributed by atoms with Gasteiger partial charge in [0.15, 0.2) is 11.6 Å². The van der Waals surface area contributed by atoms with Crippen LogP contribution in [0.1, 0.15) is 38.2 Å². The third-order valence-corrected chi connectivity index (χ3v) is 3.12. The van der Waals surface area contributed by atoms with Gasteiger partial charge in [-0.25, -0.2) is 9.97 Å². The molecule has 0 aliphatic heterocycles. The normalized spacial score (nSPS) is 10.0. The average molecular weight is 295 g/mol. The van der Waals surface area contributed by atoms with Crippen LogP contribution in [0.2, 0.25) is 0 Å². The maximum absolute atomic E-state index is 11.6. The van der Waals surface area contributed by atoms with Crippen LogP contribution in [0.3, 0.4) is 0 Å². The lowest BCUT2D eigenvalue weighted by Crippen LogP contribution is -2.08. The molecule has 0 aliphatic rings. The van der Waals surface area contributed by atoms with E-state index in [4.69, 9.17) is 10.00 Å². The molecule has 0 fully saturated rings. The van der Waals surface area contributed by atoms with Gasteiger partial charge in [0.05, 0.1) is 24.0 Å². The maximum atomic E-state index is 11.6. The zero-order valence-corrected chi connectivity index (χ0v) is 12.5. The number of benzene rings is 1. The Morgan fingerprint density at radius 3 is 2.45 bits per heavy atom. The standard InChI is InChI=1S/C17H17N3O2/c1-2-3-4-5-16(21)22-15-11-19-17(20-12-15)14-8-6-13(10-18)7-9-14/h6-9,11-12H,2-5H2,1H3. The number of nitrogens with zero attached hydrogens (tertiary/aromatic N) is 3. The zero-order chi connectivity index (χ0) is 15.8. The number of hydrogen-bond donors (Lipinski definition) is 0. The Kier molecular flexibility index (Phi) is 5.61. The van der Waals surface area contributed by atoms with E-state index >= 15 is 0 Å². The van der Waals surface area contributed by atoms with Gasteiger partial charge in [0.2, 0.25) is 0 Å². The van der Waals surface area contributed by atoms with Gasteiger partial charge in [0.1, 0.15) is 0 Å². The van der Waals surface area contributed by atoms with Crippen molar-refractivity contribution in [2.24, 2.45) is 0 Å². The van der Waals surface area contributed by atoms with Gasteiger partial charge in [-0.3, -0.25) is 4.79 Å². The summed E-state index contributed by atoms with van der Waals surface area (Å²) in [6.45, 7) is 2.08. The van der Waals surface area contributed by atoms with Crippen LogP contribution in [0.4, 0.5) is 0 Å². The van der Waals surface area contributed by atoms with Crippen molar-refractivity contribution in [1.82, 2.24) is 9.97 Å². The predicted octanol–water partition coefficient (Wildman–Crippen LogP) is 3.50. The molecule has 0 unspecified atom stereocenters. The second kappa shape index (κ2) is 7.89. The Balaban J connectivity index is 1.97. The molecule has 2 rings (SSSR count). The lowest BCUT2D eigenvalue weighted by Gasteiger charge is -2.04. The molecule has 112 valence electrons. The highest BCUT2D eigenvalue weighted by molar-refractivity contribution is 5.72. The number of ether oxygens (including phenoxy) is 1. The minimum Gasteiger partial charge on any atom is -0.423 e. The summed E-state index contributed by atoms with van der Waals surface area (Å²) in [5.41, 5.74) is 1.39. The molecule has 0 spiro atoms. The van der Waals surface area contributed by atoms with Gasteiger partial charge in [0, 0.05) is 12.0 Å². The van der Waals surface area contributed by atoms with Gasteiger partial charge in [-0.2, -0.15) is 5.26 Å². The average Bonchev–Trinajstić information content (AvgIpc) is 2.56. The van der Waals surface area contributed by atoms with E-state index in [0.29, 0.717) is 23.6 Å². The minimum atomic E-state index is -0.261. The highest BCUT2D eigenvalue weighted by atomic mass is 16.5. The van der Waals surface area contributed by atoms with E-state index in [1.165, 1.54) is 12.4 Å². The van der Waals surface area contributed by atoms with Crippen molar-refractivity contribution in [3.8, 4) is 23.2 Å². The van der Waals surface area contributed by atoms with E-state index in [1.54, 1.807) is 24.3 Å². The van der Waals surface area contributed by atoms with Crippen LogP contribution in [-0.4, -0.2) is 15.9 Å². The molecule has 5 nitrogen and oxygen atoms in total. The van der Waals surface area contributed by atoms with Crippen LogP contribution in [0, 0.1) is 11.3 Å². The van der Waals surface area contributed by atoms with E-state index in [-0.39, 0.29) is 5.97 Å². The van der Waals surface area contributed by atoms with Crippen LogP contribution in [0.25, 0.3) is 11.4 Å². The van der Waals surface area contributed by atoms with Gasteiger partial charge >= 0.3 is 5.97 Å². The largest absolute Gasteiger partial charge is 0.423 e. The summed E-state index contributed by atoms with van der Waals surface area (Å²) in [7, 11) is 0. The Morgan fingerprint density at radius 2 is 1.86 bits per heavy atom. The second-order valence-corrected chi connectivity index (χ2v) is 4.86. The monoisotopic (exact) mass is 295 g/mol. The van der Waals surface area contributed by atoms with Crippen LogP contribution in [0.15, 0.2) is 36.7 Å². The molecular formula is C17H17N3O2. The topological polar surface area (TPSA) is 75.9 Å². The summed E-state index contributed by atoms with van der Waals surface area (Å²) in [5.74, 6) is 0.609. The molecular weight excluding hydrogens is 278 g/mol. The summed E-state index contributed by atoms with van der Waals surface area (Å²) in [4.78, 5) is 20.0. The molecule has 0 radical (unpaired) electrons. The Labute approximate surface area is 129 Å². The highest BCUT2D eigenvalue weighted by Gasteiger charge is 2.07. The van der Waals surface area contributed by atoms with Gasteiger partial charge in [-0.05, 0) is 30.7 Å². The van der Waals surface area contributed by atoms with Crippen LogP contribution >= 0.6 is 0 Å². The Hall–Kier alpha value is -2.74. The van der Waals surface area contributed by atoms with Crippen molar-refractivity contribution < 1.29 is 9.53 Å². The number of unbranched alkanes of at least 4 members (excludes halogenated alkanes) is 2. The number of carbonyl (C=O) groups excluding carboxylic acids is 1. The second-order valence-electron chi connectivity index (χ2n) is 4.86. The minimum absolute atomic E-state index is 0.261. The summed E-state index contributed by atoms with van der Waals surface area (Å²) in [6.07, 6.45) is 6.29. The molecule has 1 aromatic heterocycles. The number of hydrogen-bond acceptors (Lipinski definition) is 5. The van der Waals surface area contributed by atoms with E-state index in [9.17, 15) is 4.79 Å². The van der Waals surface area contributed by atoms with Crippen molar-refractivity contribution in [3.05, 3.63) is 42.2 Å². The molecule has 22 heavy (non-hydrogen) atoms. The first-order valence-electron chi connectivity index (χ1n) is 7.26. The number of nitriles is 1. The first kappa shape index (κ1) is 15.6. The fraction of sp³-hybridized carbons (Fsp3) is 0.294. The molecule has 1 aromatic carbocycles. The summed E-state index contributed by atoms with van der Waals surface area (Å²) in [6, 6.07) is 9.04. The third-order valence-electron chi connectivity index (χ3n) is 3.12. The van der Waals surface area contributed by atoms with Gasteiger partial charge < -0.3 is 4.74 Å². The van der Waals surface area contributed by atoms with E-state index < -0.39 is 0 Å². The van der Waals surface area contributed by atoms with Crippen LogP contribution in [-0.2, 0) is 4.79 Å². The number of esters is 1. The smallest absolute Gasteiger partial charge is 0.311 e. The van der Waals surface area contributed by atoms with Gasteiger partial charge in [-0.15, -0.1) is 0 Å². The lowest BCUT2D eigenvalue weighted by molar-refractivity contribution is -0.134. The third kappa shape index (κ3) is 4.38. The van der Waals surface area contributed by atoms with Gasteiger partial charge in [-0.1, -0.05) is 19.8 Å². The van der Waals surface area contributed by atoms with Crippen molar-refractivity contribution in [2.45, 2.75) is 32.6 Å². The number of rotatable bonds is 6. The fourth-order valence-corrected chi connectivity index (χ4v) is 1.91. The SMILES string of the molecule is CCCCCC(=O)Oc1cnc(-c2ccc(C#N)cc2)nc1. The van der Waals surface area contributed by atoms with Gasteiger partial charge in [0.25, 0.3) is 0 Å². The molecule has 0 saturated heterocycles. The molecule has 2 aromatic rings. The maximum Gasteiger partial charge on any atom is 0.311 e. The molecule has 0 bridgehead atoms. The Bertz CT molecular complexity index is 658. The highest BCUT2D eigenvalue weighted by Crippen LogP contribution is 2.17. The lowest BCUT2D eigenvalue weighted by atomic mass is 10.1. The first-order valence-corrected chi connectivity index (χ1v) is 7.26. The quantitative estimate of drug-likeness (QED) is 0.602. The molecule has 0 atom stereocenters. The van der Waals surface area contributed by atoms with Crippen molar-refractivity contribution >= 4 is 5.97 Å². The van der Waals surface area contributed by atoms with Crippen LogP contribution < -0.4 is 4.74 Å². The molecule has 0 saturated carbocycles. The molecule has 0 amide bonds. The molecule has 5 heteroatoms. The van der Waals surface area contributed by atoms with Crippen molar-refractivity contribution in [3.63, 3.8) is 0 Å². The van der Waals surface area contributed by atoms with E-state index in [1.807, 2.05) is 0 Å². The molecule has 0 aliphatic carbocycles. The van der Waals surface area contributed by atoms with E-state index in [0.717, 1.165) is 24.8 Å². The zero-order valence-electron chi connectivity index (χ0n) is 12.5.